The van der Waals surface area contributed by atoms with Crippen LogP contribution in [-0.4, -0.2) is 17.4 Å². The first kappa shape index (κ1) is 18.7. The van der Waals surface area contributed by atoms with Crippen LogP contribution in [0.5, 0.6) is 5.75 Å². The van der Waals surface area contributed by atoms with Gasteiger partial charge in [0.25, 0.3) is 0 Å². The molecule has 1 N–H and O–H groups in total. The summed E-state index contributed by atoms with van der Waals surface area (Å²) in [5, 5.41) is 9.44. The fraction of sp³-hybridized carbons (Fsp3) is 0.0909. The van der Waals surface area contributed by atoms with Crippen molar-refractivity contribution in [3.63, 3.8) is 0 Å². The van der Waals surface area contributed by atoms with E-state index >= 15 is 0 Å². The third-order valence-electron chi connectivity index (χ3n) is 4.23. The molecule has 0 saturated heterocycles. The smallest absolute Gasteiger partial charge is 0.337 e. The third kappa shape index (κ3) is 4.36. The Morgan fingerprint density at radius 3 is 2.56 bits per heavy atom. The number of hydrogen-bond donors (Lipinski definition) is 1. The number of aromatic carboxylic acids is 1. The van der Waals surface area contributed by atoms with Gasteiger partial charge in [-0.25, -0.2) is 4.79 Å². The summed E-state index contributed by atoms with van der Waals surface area (Å²) in [7, 11) is 0. The number of carboxylic acids is 1. The second-order valence-corrected chi connectivity index (χ2v) is 6.53. The monoisotopic (exact) mass is 380 g/mol. The molecule has 0 radical (unpaired) electrons. The summed E-state index contributed by atoms with van der Waals surface area (Å²) in [6.45, 7) is 2.21. The fourth-order valence-electron chi connectivity index (χ4n) is 2.75. The number of rotatable bonds is 6. The predicted molar refractivity (Wildman–Crippen MR) is 105 cm³/mol. The van der Waals surface area contributed by atoms with Crippen LogP contribution in [0.3, 0.4) is 0 Å². The lowest BCUT2D eigenvalue weighted by molar-refractivity contribution is 0.0697. The van der Waals surface area contributed by atoms with Crippen LogP contribution in [0, 0.1) is 6.92 Å². The maximum absolute atomic E-state index is 11.3. The van der Waals surface area contributed by atoms with Crippen molar-refractivity contribution < 1.29 is 19.4 Å². The van der Waals surface area contributed by atoms with Gasteiger partial charge in [0.1, 0.15) is 18.6 Å². The molecule has 0 fully saturated rings. The van der Waals surface area contributed by atoms with Crippen molar-refractivity contribution in [3.8, 4) is 16.9 Å². The summed E-state index contributed by atoms with van der Waals surface area (Å²) in [6.07, 6.45) is 0.820. The van der Waals surface area contributed by atoms with E-state index in [0.29, 0.717) is 17.9 Å². The van der Waals surface area contributed by atoms with Crippen LogP contribution < -0.4 is 4.74 Å². The normalized spacial score (nSPS) is 10.4. The van der Waals surface area contributed by atoms with Gasteiger partial charge in [0.2, 0.25) is 0 Å². The van der Waals surface area contributed by atoms with Crippen LogP contribution in [0.25, 0.3) is 11.1 Å². The van der Waals surface area contributed by atoms with Gasteiger partial charge < -0.3 is 9.84 Å². The molecule has 0 saturated carbocycles. The summed E-state index contributed by atoms with van der Waals surface area (Å²) in [5.74, 6) is -0.376. The number of carbonyl (C=O) groups is 2. The van der Waals surface area contributed by atoms with E-state index in [0.717, 1.165) is 28.5 Å². The third-order valence-corrected chi connectivity index (χ3v) is 4.56. The average Bonchev–Trinajstić information content (AvgIpc) is 2.67. The van der Waals surface area contributed by atoms with Gasteiger partial charge in [0.15, 0.2) is 0 Å². The topological polar surface area (TPSA) is 63.6 Å². The van der Waals surface area contributed by atoms with Crippen LogP contribution >= 0.6 is 11.6 Å². The molecule has 0 atom stereocenters. The van der Waals surface area contributed by atoms with Gasteiger partial charge in [0.05, 0.1) is 10.6 Å². The summed E-state index contributed by atoms with van der Waals surface area (Å²) in [5.41, 5.74) is 4.16. The Bertz CT molecular complexity index is 1010. The highest BCUT2D eigenvalue weighted by molar-refractivity contribution is 6.33. The van der Waals surface area contributed by atoms with Crippen molar-refractivity contribution in [1.82, 2.24) is 0 Å². The molecule has 0 aromatic heterocycles. The number of hydrogen-bond acceptors (Lipinski definition) is 3. The standard InChI is InChI=1S/C22H17ClO4/c1-14-9-19(7-5-18(14)12-24)27-13-15-3-2-4-16(10-15)17-6-8-21(23)20(11-17)22(25)26/h2-12H,13H2,1H3,(H,25,26). The highest BCUT2D eigenvalue weighted by atomic mass is 35.5. The Morgan fingerprint density at radius 1 is 1.07 bits per heavy atom. The lowest BCUT2D eigenvalue weighted by Gasteiger charge is -2.10. The Morgan fingerprint density at radius 2 is 1.85 bits per heavy atom. The van der Waals surface area contributed by atoms with Crippen LogP contribution in [-0.2, 0) is 6.61 Å². The molecular formula is C22H17ClO4. The zero-order valence-electron chi connectivity index (χ0n) is 14.6. The first-order valence-corrected chi connectivity index (χ1v) is 8.66. The zero-order valence-corrected chi connectivity index (χ0v) is 15.4. The molecule has 3 rings (SSSR count). The van der Waals surface area contributed by atoms with Gasteiger partial charge in [-0.05, 0) is 65.6 Å². The van der Waals surface area contributed by atoms with Crippen molar-refractivity contribution in [2.75, 3.05) is 0 Å². The van der Waals surface area contributed by atoms with E-state index in [9.17, 15) is 14.7 Å². The van der Waals surface area contributed by atoms with Crippen molar-refractivity contribution in [2.45, 2.75) is 13.5 Å². The molecule has 0 aliphatic rings. The Balaban J connectivity index is 1.80. The highest BCUT2D eigenvalue weighted by Crippen LogP contribution is 2.26. The first-order valence-electron chi connectivity index (χ1n) is 8.28. The van der Waals surface area contributed by atoms with Crippen LogP contribution in [0.15, 0.2) is 60.7 Å². The zero-order chi connectivity index (χ0) is 19.4. The number of carbonyl (C=O) groups excluding carboxylic acids is 1. The molecule has 3 aromatic carbocycles. The fourth-order valence-corrected chi connectivity index (χ4v) is 2.94. The Hall–Kier alpha value is -3.11. The second kappa shape index (κ2) is 8.06. The van der Waals surface area contributed by atoms with E-state index in [1.807, 2.05) is 37.3 Å². The van der Waals surface area contributed by atoms with Crippen molar-refractivity contribution in [3.05, 3.63) is 87.9 Å². The quantitative estimate of drug-likeness (QED) is 0.581. The van der Waals surface area contributed by atoms with Gasteiger partial charge >= 0.3 is 5.97 Å². The van der Waals surface area contributed by atoms with E-state index in [-0.39, 0.29) is 10.6 Å². The largest absolute Gasteiger partial charge is 0.489 e. The molecule has 136 valence electrons. The minimum Gasteiger partial charge on any atom is -0.489 e. The summed E-state index contributed by atoms with van der Waals surface area (Å²) in [4.78, 5) is 22.2. The van der Waals surface area contributed by atoms with Gasteiger partial charge in [0, 0.05) is 5.56 Å². The van der Waals surface area contributed by atoms with Crippen molar-refractivity contribution >= 4 is 23.9 Å². The minimum atomic E-state index is -1.06. The number of aryl methyl sites for hydroxylation is 1. The Kier molecular flexibility index (Phi) is 5.57. The lowest BCUT2D eigenvalue weighted by atomic mass is 10.0. The van der Waals surface area contributed by atoms with Gasteiger partial charge in [-0.1, -0.05) is 35.9 Å². The summed E-state index contributed by atoms with van der Waals surface area (Å²) >= 11 is 5.94. The van der Waals surface area contributed by atoms with Crippen molar-refractivity contribution in [1.29, 1.82) is 0 Å². The predicted octanol–water partition coefficient (Wildman–Crippen LogP) is 5.41. The van der Waals surface area contributed by atoms with E-state index < -0.39 is 5.97 Å². The highest BCUT2D eigenvalue weighted by Gasteiger charge is 2.10. The molecule has 4 nitrogen and oxygen atoms in total. The van der Waals surface area contributed by atoms with Gasteiger partial charge in [-0.15, -0.1) is 0 Å². The van der Waals surface area contributed by atoms with Crippen LogP contribution in [0.4, 0.5) is 0 Å². The second-order valence-electron chi connectivity index (χ2n) is 6.13. The molecular weight excluding hydrogens is 364 g/mol. The number of carboxylic acid groups (broad SMARTS) is 1. The number of halogens is 1. The summed E-state index contributed by atoms with van der Waals surface area (Å²) < 4.78 is 5.81. The SMILES string of the molecule is Cc1cc(OCc2cccc(-c3ccc(Cl)c(C(=O)O)c3)c2)ccc1C=O. The Labute approximate surface area is 162 Å². The lowest BCUT2D eigenvalue weighted by Crippen LogP contribution is -1.99. The molecule has 0 heterocycles. The van der Waals surface area contributed by atoms with E-state index in [1.165, 1.54) is 0 Å². The van der Waals surface area contributed by atoms with Gasteiger partial charge in [-0.2, -0.15) is 0 Å². The molecule has 27 heavy (non-hydrogen) atoms. The average molecular weight is 381 g/mol. The van der Waals surface area contributed by atoms with Crippen LogP contribution in [0.1, 0.15) is 31.8 Å². The maximum atomic E-state index is 11.3. The number of benzene rings is 3. The molecule has 3 aromatic rings. The molecule has 5 heteroatoms. The first-order chi connectivity index (χ1) is 13.0. The van der Waals surface area contributed by atoms with E-state index in [2.05, 4.69) is 0 Å². The maximum Gasteiger partial charge on any atom is 0.337 e. The number of aldehydes is 1. The number of ether oxygens (including phenoxy) is 1. The van der Waals surface area contributed by atoms with Gasteiger partial charge in [-0.3, -0.25) is 4.79 Å². The van der Waals surface area contributed by atoms with E-state index in [1.54, 1.807) is 30.3 Å². The molecule has 0 unspecified atom stereocenters. The molecule has 0 spiro atoms. The molecule has 0 bridgehead atoms. The molecule has 0 aliphatic heterocycles. The molecule has 0 amide bonds. The minimum absolute atomic E-state index is 0.0709. The molecule has 0 aliphatic carbocycles. The van der Waals surface area contributed by atoms with E-state index in [4.69, 9.17) is 16.3 Å². The van der Waals surface area contributed by atoms with Crippen LogP contribution in [0.2, 0.25) is 5.02 Å². The summed E-state index contributed by atoms with van der Waals surface area (Å²) in [6, 6.07) is 17.9. The van der Waals surface area contributed by atoms with Crippen molar-refractivity contribution in [2.24, 2.45) is 0 Å².